The Morgan fingerprint density at radius 2 is 2.00 bits per heavy atom. The second-order valence-electron chi connectivity index (χ2n) is 6.71. The molecule has 2 N–H and O–H groups in total. The Labute approximate surface area is 131 Å². The quantitative estimate of drug-likeness (QED) is 0.611. The van der Waals surface area contributed by atoms with Crippen molar-refractivity contribution in [3.63, 3.8) is 0 Å². The average Bonchev–Trinajstić information content (AvgIpc) is 2.95. The molecule has 0 radical (unpaired) electrons. The summed E-state index contributed by atoms with van der Waals surface area (Å²) in [4.78, 5) is 5.18. The Hall–Kier alpha value is -0.160. The number of nitrogens with zero attached hydrogens (tertiary/aromatic N) is 2. The van der Waals surface area contributed by atoms with E-state index < -0.39 is 0 Å². The number of hydrogen-bond donors (Lipinski definition) is 2. The lowest BCUT2D eigenvalue weighted by Crippen LogP contribution is -2.46. The summed E-state index contributed by atoms with van der Waals surface area (Å²) in [6.07, 6.45) is 4.65. The van der Waals surface area contributed by atoms with Crippen LogP contribution >= 0.6 is 0 Å². The van der Waals surface area contributed by atoms with Crippen molar-refractivity contribution < 1.29 is 5.11 Å². The summed E-state index contributed by atoms with van der Waals surface area (Å²) in [6, 6.07) is 0.752. The van der Waals surface area contributed by atoms with Gasteiger partial charge in [-0.1, -0.05) is 20.8 Å². The number of aliphatic hydroxyl groups is 1. The van der Waals surface area contributed by atoms with E-state index in [9.17, 15) is 5.11 Å². The van der Waals surface area contributed by atoms with Crippen molar-refractivity contribution in [3.8, 4) is 0 Å². The maximum atomic E-state index is 9.60. The second-order valence-corrected chi connectivity index (χ2v) is 6.71. The number of nitrogens with one attached hydrogen (secondary N) is 1. The molecule has 21 heavy (non-hydrogen) atoms. The van der Waals surface area contributed by atoms with Gasteiger partial charge in [0, 0.05) is 18.1 Å². The number of likely N-dealkylation sites (N-methyl/N-ethyl adjacent to an activating group) is 1. The van der Waals surface area contributed by atoms with Crippen molar-refractivity contribution in [2.75, 3.05) is 45.9 Å². The van der Waals surface area contributed by atoms with Gasteiger partial charge < -0.3 is 15.3 Å². The number of hydrogen-bond acceptors (Lipinski definition) is 4. The van der Waals surface area contributed by atoms with Gasteiger partial charge in [-0.2, -0.15) is 0 Å². The maximum absolute atomic E-state index is 9.60. The van der Waals surface area contributed by atoms with Crippen LogP contribution in [-0.2, 0) is 0 Å². The third kappa shape index (κ3) is 6.23. The molecule has 1 rings (SSSR count). The summed E-state index contributed by atoms with van der Waals surface area (Å²) in [6.45, 7) is 16.0. The predicted octanol–water partition coefficient (Wildman–Crippen LogP) is 1.93. The highest BCUT2D eigenvalue weighted by Gasteiger charge is 2.27. The van der Waals surface area contributed by atoms with Gasteiger partial charge in [0.2, 0.25) is 0 Å². The van der Waals surface area contributed by atoms with E-state index >= 15 is 0 Å². The molecule has 2 atom stereocenters. The monoisotopic (exact) mass is 299 g/mol. The first-order valence-electron chi connectivity index (χ1n) is 8.90. The van der Waals surface area contributed by atoms with E-state index in [1.807, 2.05) is 0 Å². The molecule has 0 aliphatic carbocycles. The van der Waals surface area contributed by atoms with Gasteiger partial charge >= 0.3 is 0 Å². The average molecular weight is 300 g/mol. The van der Waals surface area contributed by atoms with Crippen LogP contribution in [0.2, 0.25) is 0 Å². The molecule has 2 unspecified atom stereocenters. The van der Waals surface area contributed by atoms with E-state index in [-0.39, 0.29) is 12.1 Å². The summed E-state index contributed by atoms with van der Waals surface area (Å²) in [5.74, 6) is 0. The van der Waals surface area contributed by atoms with E-state index in [0.717, 1.165) is 25.4 Å². The van der Waals surface area contributed by atoms with Gasteiger partial charge in [0.1, 0.15) is 0 Å². The number of likely N-dealkylation sites (tertiary alicyclic amines) is 1. The molecular formula is C17H37N3O. The van der Waals surface area contributed by atoms with Crippen molar-refractivity contribution in [2.45, 2.75) is 65.0 Å². The van der Waals surface area contributed by atoms with Crippen molar-refractivity contribution in [1.29, 1.82) is 0 Å². The molecule has 0 aromatic rings. The van der Waals surface area contributed by atoms with Crippen LogP contribution in [0.15, 0.2) is 0 Å². The molecule has 4 heteroatoms. The molecular weight excluding hydrogens is 262 g/mol. The van der Waals surface area contributed by atoms with E-state index in [2.05, 4.69) is 42.8 Å². The Morgan fingerprint density at radius 3 is 2.57 bits per heavy atom. The van der Waals surface area contributed by atoms with Crippen molar-refractivity contribution in [1.82, 2.24) is 15.1 Å². The summed E-state index contributed by atoms with van der Waals surface area (Å²) in [5.41, 5.74) is -0.103. The zero-order valence-corrected chi connectivity index (χ0v) is 14.7. The molecule has 1 aliphatic rings. The molecule has 4 nitrogen and oxygen atoms in total. The summed E-state index contributed by atoms with van der Waals surface area (Å²) in [5, 5.41) is 13.1. The number of rotatable bonds is 11. The highest BCUT2D eigenvalue weighted by Crippen LogP contribution is 2.18. The molecule has 1 fully saturated rings. The highest BCUT2D eigenvalue weighted by atomic mass is 16.3. The minimum Gasteiger partial charge on any atom is -0.394 e. The summed E-state index contributed by atoms with van der Waals surface area (Å²) in [7, 11) is 0. The minimum absolute atomic E-state index is 0.103. The lowest BCUT2D eigenvalue weighted by molar-refractivity contribution is 0.157. The third-order valence-corrected chi connectivity index (χ3v) is 4.93. The standard InChI is InChI=1S/C17H37N3O/c1-5-11-18-17(4,15-21)10-8-12-19-13-9-16(14-19)20(6-2)7-3/h16,18,21H,5-15H2,1-4H3. The molecule has 0 amide bonds. The van der Waals surface area contributed by atoms with Crippen LogP contribution in [-0.4, -0.2) is 72.4 Å². The molecule has 0 aromatic carbocycles. The van der Waals surface area contributed by atoms with Gasteiger partial charge in [0.05, 0.1) is 6.61 Å². The highest BCUT2D eigenvalue weighted by molar-refractivity contribution is 4.85. The number of aliphatic hydroxyl groups excluding tert-OH is 1. The third-order valence-electron chi connectivity index (χ3n) is 4.93. The lowest BCUT2D eigenvalue weighted by atomic mass is 9.96. The van der Waals surface area contributed by atoms with Gasteiger partial charge in [-0.05, 0) is 65.3 Å². The first-order valence-corrected chi connectivity index (χ1v) is 8.90. The molecule has 0 aromatic heterocycles. The van der Waals surface area contributed by atoms with Gasteiger partial charge in [-0.15, -0.1) is 0 Å². The van der Waals surface area contributed by atoms with Crippen LogP contribution in [0.1, 0.15) is 53.4 Å². The first kappa shape index (κ1) is 18.9. The van der Waals surface area contributed by atoms with Gasteiger partial charge in [-0.3, -0.25) is 4.90 Å². The fourth-order valence-electron chi connectivity index (χ4n) is 3.40. The minimum atomic E-state index is -0.103. The Morgan fingerprint density at radius 1 is 1.29 bits per heavy atom. The fraction of sp³-hybridized carbons (Fsp3) is 1.00. The van der Waals surface area contributed by atoms with Crippen LogP contribution in [0, 0.1) is 0 Å². The summed E-state index contributed by atoms with van der Waals surface area (Å²) < 4.78 is 0. The zero-order valence-electron chi connectivity index (χ0n) is 14.7. The van der Waals surface area contributed by atoms with Crippen LogP contribution in [0.25, 0.3) is 0 Å². The van der Waals surface area contributed by atoms with Crippen molar-refractivity contribution in [3.05, 3.63) is 0 Å². The molecule has 0 bridgehead atoms. The molecule has 1 aliphatic heterocycles. The van der Waals surface area contributed by atoms with Gasteiger partial charge in [0.15, 0.2) is 0 Å². The van der Waals surface area contributed by atoms with Crippen molar-refractivity contribution >= 4 is 0 Å². The van der Waals surface area contributed by atoms with Gasteiger partial charge in [0.25, 0.3) is 0 Å². The maximum Gasteiger partial charge on any atom is 0.0610 e. The van der Waals surface area contributed by atoms with E-state index in [1.165, 1.54) is 45.6 Å². The second kappa shape index (κ2) is 9.78. The summed E-state index contributed by atoms with van der Waals surface area (Å²) >= 11 is 0. The Bertz CT molecular complexity index is 271. The van der Waals surface area contributed by atoms with Crippen LogP contribution < -0.4 is 5.32 Å². The predicted molar refractivity (Wildman–Crippen MR) is 90.8 cm³/mol. The van der Waals surface area contributed by atoms with Crippen LogP contribution in [0.4, 0.5) is 0 Å². The first-order chi connectivity index (χ1) is 10.1. The van der Waals surface area contributed by atoms with E-state index in [1.54, 1.807) is 0 Å². The normalized spacial score (nSPS) is 22.9. The molecule has 1 saturated heterocycles. The Balaban J connectivity index is 2.27. The molecule has 1 heterocycles. The SMILES string of the molecule is CCCNC(C)(CO)CCCN1CCC(N(CC)CC)C1. The molecule has 0 saturated carbocycles. The molecule has 126 valence electrons. The zero-order chi connectivity index (χ0) is 15.7. The van der Waals surface area contributed by atoms with E-state index in [0.29, 0.717) is 0 Å². The molecule has 0 spiro atoms. The van der Waals surface area contributed by atoms with Gasteiger partial charge in [-0.25, -0.2) is 0 Å². The Kier molecular flexibility index (Phi) is 8.79. The smallest absolute Gasteiger partial charge is 0.0610 e. The topological polar surface area (TPSA) is 38.7 Å². The van der Waals surface area contributed by atoms with Crippen LogP contribution in [0.5, 0.6) is 0 Å². The lowest BCUT2D eigenvalue weighted by Gasteiger charge is -2.30. The largest absolute Gasteiger partial charge is 0.394 e. The van der Waals surface area contributed by atoms with Crippen molar-refractivity contribution in [2.24, 2.45) is 0 Å². The van der Waals surface area contributed by atoms with Crippen LogP contribution in [0.3, 0.4) is 0 Å². The fourth-order valence-corrected chi connectivity index (χ4v) is 3.40. The van der Waals surface area contributed by atoms with E-state index in [4.69, 9.17) is 0 Å².